The fourth-order valence-corrected chi connectivity index (χ4v) is 2.71. The maximum atomic E-state index is 12.1. The van der Waals surface area contributed by atoms with E-state index < -0.39 is 0 Å². The van der Waals surface area contributed by atoms with Crippen LogP contribution in [0.5, 0.6) is 0 Å². The number of aromatic nitrogens is 1. The lowest BCUT2D eigenvalue weighted by atomic mass is 10.0. The van der Waals surface area contributed by atoms with E-state index in [4.69, 9.17) is 0 Å². The number of carbonyl (C=O) groups excluding carboxylic acids is 1. The standard InChI is InChI=1S/C15H22N2O/c1-4-17(5-2)13-10-11(3)16-15-12(13)8-6-7-9-14(15)18/h10H,4-9H2,1-3H3. The average molecular weight is 246 g/mol. The molecule has 1 aliphatic rings. The van der Waals surface area contributed by atoms with Crippen molar-refractivity contribution >= 4 is 11.5 Å². The molecule has 0 fully saturated rings. The summed E-state index contributed by atoms with van der Waals surface area (Å²) in [5, 5.41) is 0. The van der Waals surface area contributed by atoms with E-state index in [0.29, 0.717) is 6.42 Å². The van der Waals surface area contributed by atoms with Gasteiger partial charge in [0.1, 0.15) is 5.69 Å². The number of pyridine rings is 1. The lowest BCUT2D eigenvalue weighted by Gasteiger charge is -2.25. The van der Waals surface area contributed by atoms with Crippen molar-refractivity contribution in [1.82, 2.24) is 4.98 Å². The molecule has 1 aromatic heterocycles. The number of rotatable bonds is 3. The fourth-order valence-electron chi connectivity index (χ4n) is 2.71. The van der Waals surface area contributed by atoms with E-state index in [9.17, 15) is 4.79 Å². The molecular weight excluding hydrogens is 224 g/mol. The molecule has 0 aromatic carbocycles. The van der Waals surface area contributed by atoms with Gasteiger partial charge in [-0.1, -0.05) is 0 Å². The molecule has 0 saturated heterocycles. The van der Waals surface area contributed by atoms with E-state index in [2.05, 4.69) is 29.8 Å². The molecule has 0 saturated carbocycles. The van der Waals surface area contributed by atoms with E-state index in [1.54, 1.807) is 0 Å². The second-order valence-electron chi connectivity index (χ2n) is 4.91. The SMILES string of the molecule is CCN(CC)c1cc(C)nc2c1CCCCC2=O. The van der Waals surface area contributed by atoms with E-state index in [1.165, 1.54) is 11.3 Å². The van der Waals surface area contributed by atoms with Crippen LogP contribution in [0, 0.1) is 6.92 Å². The van der Waals surface area contributed by atoms with Crippen molar-refractivity contribution in [1.29, 1.82) is 0 Å². The Morgan fingerprint density at radius 3 is 2.56 bits per heavy atom. The fraction of sp³-hybridized carbons (Fsp3) is 0.600. The number of ketones is 1. The topological polar surface area (TPSA) is 33.2 Å². The quantitative estimate of drug-likeness (QED) is 0.768. The molecule has 0 N–H and O–H groups in total. The predicted molar refractivity (Wildman–Crippen MR) is 74.4 cm³/mol. The second-order valence-corrected chi connectivity index (χ2v) is 4.91. The van der Waals surface area contributed by atoms with Crippen LogP contribution in [0.25, 0.3) is 0 Å². The highest BCUT2D eigenvalue weighted by Crippen LogP contribution is 2.29. The van der Waals surface area contributed by atoms with Crippen LogP contribution in [0.1, 0.15) is 54.9 Å². The van der Waals surface area contributed by atoms with E-state index >= 15 is 0 Å². The van der Waals surface area contributed by atoms with Crippen molar-refractivity contribution in [3.05, 3.63) is 23.0 Å². The maximum Gasteiger partial charge on any atom is 0.181 e. The lowest BCUT2D eigenvalue weighted by molar-refractivity contribution is 0.0977. The van der Waals surface area contributed by atoms with Gasteiger partial charge in [0.2, 0.25) is 0 Å². The van der Waals surface area contributed by atoms with Crippen LogP contribution in [0.2, 0.25) is 0 Å². The van der Waals surface area contributed by atoms with Gasteiger partial charge < -0.3 is 4.90 Å². The summed E-state index contributed by atoms with van der Waals surface area (Å²) in [6, 6.07) is 2.13. The molecule has 0 aliphatic heterocycles. The Morgan fingerprint density at radius 1 is 1.22 bits per heavy atom. The van der Waals surface area contributed by atoms with Crippen molar-refractivity contribution in [3.8, 4) is 0 Å². The van der Waals surface area contributed by atoms with Gasteiger partial charge in [-0.15, -0.1) is 0 Å². The molecule has 1 heterocycles. The molecule has 0 spiro atoms. The first-order valence-electron chi connectivity index (χ1n) is 6.96. The van der Waals surface area contributed by atoms with E-state index in [0.717, 1.165) is 43.7 Å². The van der Waals surface area contributed by atoms with Crippen LogP contribution in [-0.2, 0) is 6.42 Å². The van der Waals surface area contributed by atoms with Crippen molar-refractivity contribution in [2.45, 2.75) is 46.5 Å². The largest absolute Gasteiger partial charge is 0.372 e. The van der Waals surface area contributed by atoms with Gasteiger partial charge >= 0.3 is 0 Å². The highest BCUT2D eigenvalue weighted by Gasteiger charge is 2.22. The minimum atomic E-state index is 0.222. The molecule has 0 radical (unpaired) electrons. The van der Waals surface area contributed by atoms with Crippen LogP contribution in [0.3, 0.4) is 0 Å². The molecule has 3 heteroatoms. The monoisotopic (exact) mass is 246 g/mol. The van der Waals surface area contributed by atoms with Gasteiger partial charge in [0.25, 0.3) is 0 Å². The smallest absolute Gasteiger partial charge is 0.181 e. The Bertz CT molecular complexity index is 450. The zero-order chi connectivity index (χ0) is 13.1. The number of carbonyl (C=O) groups is 1. The maximum absolute atomic E-state index is 12.1. The lowest BCUT2D eigenvalue weighted by Crippen LogP contribution is -2.24. The molecule has 0 unspecified atom stereocenters. The third-order valence-corrected chi connectivity index (χ3v) is 3.68. The Hall–Kier alpha value is -1.38. The minimum Gasteiger partial charge on any atom is -0.372 e. The van der Waals surface area contributed by atoms with Crippen molar-refractivity contribution in [2.24, 2.45) is 0 Å². The summed E-state index contributed by atoms with van der Waals surface area (Å²) in [5.74, 6) is 0.222. The van der Waals surface area contributed by atoms with Crippen LogP contribution in [-0.4, -0.2) is 23.9 Å². The van der Waals surface area contributed by atoms with Crippen LogP contribution < -0.4 is 4.90 Å². The second kappa shape index (κ2) is 5.51. The van der Waals surface area contributed by atoms with Gasteiger partial charge in [-0.05, 0) is 46.1 Å². The number of anilines is 1. The summed E-state index contributed by atoms with van der Waals surface area (Å²) < 4.78 is 0. The van der Waals surface area contributed by atoms with Gasteiger partial charge in [0.05, 0.1) is 0 Å². The highest BCUT2D eigenvalue weighted by atomic mass is 16.1. The molecule has 3 nitrogen and oxygen atoms in total. The number of Topliss-reactive ketones (excluding diaryl/α,β-unsaturated/α-hetero) is 1. The normalized spacial score (nSPS) is 15.2. The van der Waals surface area contributed by atoms with Gasteiger partial charge in [-0.25, -0.2) is 4.98 Å². The minimum absolute atomic E-state index is 0.222. The van der Waals surface area contributed by atoms with Gasteiger partial charge in [-0.2, -0.15) is 0 Å². The van der Waals surface area contributed by atoms with Crippen molar-refractivity contribution in [3.63, 3.8) is 0 Å². The third-order valence-electron chi connectivity index (χ3n) is 3.68. The zero-order valence-corrected chi connectivity index (χ0v) is 11.6. The average Bonchev–Trinajstić information content (AvgIpc) is 2.54. The molecule has 1 aliphatic carbocycles. The van der Waals surface area contributed by atoms with Crippen molar-refractivity contribution in [2.75, 3.05) is 18.0 Å². The van der Waals surface area contributed by atoms with Gasteiger partial charge in [0.15, 0.2) is 5.78 Å². The number of hydrogen-bond donors (Lipinski definition) is 0. The molecule has 98 valence electrons. The summed E-state index contributed by atoms with van der Waals surface area (Å²) in [5.41, 5.74) is 4.07. The van der Waals surface area contributed by atoms with Crippen LogP contribution in [0.4, 0.5) is 5.69 Å². The van der Waals surface area contributed by atoms with Crippen LogP contribution >= 0.6 is 0 Å². The molecular formula is C15H22N2O. The summed E-state index contributed by atoms with van der Waals surface area (Å²) in [4.78, 5) is 18.9. The first-order valence-corrected chi connectivity index (χ1v) is 6.96. The van der Waals surface area contributed by atoms with Crippen LogP contribution in [0.15, 0.2) is 6.07 Å². The molecule has 0 amide bonds. The molecule has 1 aromatic rings. The number of fused-ring (bicyclic) bond motifs is 1. The molecule has 0 atom stereocenters. The number of hydrogen-bond acceptors (Lipinski definition) is 3. The van der Waals surface area contributed by atoms with Crippen molar-refractivity contribution < 1.29 is 4.79 Å². The summed E-state index contributed by atoms with van der Waals surface area (Å²) >= 11 is 0. The Kier molecular flexibility index (Phi) is 4.00. The molecule has 2 rings (SSSR count). The summed E-state index contributed by atoms with van der Waals surface area (Å²) in [6.07, 6.45) is 3.73. The number of aryl methyl sites for hydroxylation is 1. The first kappa shape index (κ1) is 13.1. The number of nitrogens with zero attached hydrogens (tertiary/aromatic N) is 2. The Balaban J connectivity index is 2.56. The third kappa shape index (κ3) is 2.40. The van der Waals surface area contributed by atoms with Gasteiger partial charge in [0, 0.05) is 36.5 Å². The van der Waals surface area contributed by atoms with Gasteiger partial charge in [-0.3, -0.25) is 4.79 Å². The summed E-state index contributed by atoms with van der Waals surface area (Å²) in [6.45, 7) is 8.24. The molecule has 0 bridgehead atoms. The Labute approximate surface area is 109 Å². The predicted octanol–water partition coefficient (Wildman–Crippen LogP) is 3.15. The summed E-state index contributed by atoms with van der Waals surface area (Å²) in [7, 11) is 0. The highest BCUT2D eigenvalue weighted by molar-refractivity contribution is 5.97. The Morgan fingerprint density at radius 2 is 1.89 bits per heavy atom. The van der Waals surface area contributed by atoms with E-state index in [-0.39, 0.29) is 5.78 Å². The van der Waals surface area contributed by atoms with E-state index in [1.807, 2.05) is 6.92 Å². The zero-order valence-electron chi connectivity index (χ0n) is 11.6. The first-order chi connectivity index (χ1) is 8.67. The molecule has 18 heavy (non-hydrogen) atoms.